The maximum absolute atomic E-state index is 12.5. The Balaban J connectivity index is 1.56. The first-order valence-corrected chi connectivity index (χ1v) is 9.87. The number of carbonyl (C=O) groups excluding carboxylic acids is 4. The second kappa shape index (κ2) is 8.26. The number of anilines is 1. The molecule has 8 heteroatoms. The van der Waals surface area contributed by atoms with Crippen LogP contribution in [-0.2, 0) is 19.2 Å². The van der Waals surface area contributed by atoms with Crippen LogP contribution in [0.4, 0.5) is 5.69 Å². The maximum Gasteiger partial charge on any atom is 0.243 e. The molecule has 1 aliphatic carbocycles. The number of halogens is 1. The van der Waals surface area contributed by atoms with Crippen LogP contribution >= 0.6 is 15.9 Å². The number of aryl methyl sites for hydroxylation is 1. The Hall–Kier alpha value is -2.48. The first-order chi connectivity index (χ1) is 13.3. The van der Waals surface area contributed by atoms with Crippen LogP contribution in [0.5, 0.6) is 0 Å². The lowest BCUT2D eigenvalue weighted by atomic mass is 9.85. The number of likely N-dealkylation sites (tertiary alicyclic amines) is 1. The fourth-order valence-corrected chi connectivity index (χ4v) is 4.02. The number of rotatable bonds is 5. The molecular formula is C20H22BrN3O4. The number of nitrogens with one attached hydrogen (secondary N) is 1. The minimum absolute atomic E-state index is 0.168. The summed E-state index contributed by atoms with van der Waals surface area (Å²) in [5, 5.41) is 2.77. The Morgan fingerprint density at radius 2 is 1.79 bits per heavy atom. The van der Waals surface area contributed by atoms with Crippen molar-refractivity contribution in [3.63, 3.8) is 0 Å². The molecule has 3 rings (SSSR count). The van der Waals surface area contributed by atoms with Gasteiger partial charge in [0, 0.05) is 17.2 Å². The van der Waals surface area contributed by atoms with E-state index in [-0.39, 0.29) is 42.6 Å². The van der Waals surface area contributed by atoms with Crippen molar-refractivity contribution in [2.75, 3.05) is 25.5 Å². The van der Waals surface area contributed by atoms with Gasteiger partial charge in [0.25, 0.3) is 0 Å². The van der Waals surface area contributed by atoms with Crippen LogP contribution in [-0.4, -0.2) is 53.6 Å². The van der Waals surface area contributed by atoms with Gasteiger partial charge in [-0.15, -0.1) is 0 Å². The SMILES string of the molecule is Cc1cc(Br)ccc1NC(=O)CN(C)C(=O)CN1C(=O)[C@H]2CC=CC[C@@H]2C1=O. The first-order valence-electron chi connectivity index (χ1n) is 9.08. The van der Waals surface area contributed by atoms with Crippen molar-refractivity contribution in [2.45, 2.75) is 19.8 Å². The van der Waals surface area contributed by atoms with E-state index < -0.39 is 5.91 Å². The molecule has 1 aliphatic heterocycles. The predicted molar refractivity (Wildman–Crippen MR) is 107 cm³/mol. The molecule has 0 radical (unpaired) electrons. The molecule has 0 bridgehead atoms. The van der Waals surface area contributed by atoms with Gasteiger partial charge in [0.1, 0.15) is 6.54 Å². The second-order valence-corrected chi connectivity index (χ2v) is 8.09. The monoisotopic (exact) mass is 447 g/mol. The van der Waals surface area contributed by atoms with Crippen molar-refractivity contribution in [2.24, 2.45) is 11.8 Å². The summed E-state index contributed by atoms with van der Waals surface area (Å²) < 4.78 is 0.908. The summed E-state index contributed by atoms with van der Waals surface area (Å²) in [4.78, 5) is 51.9. The molecule has 1 aromatic carbocycles. The Labute approximate surface area is 171 Å². The highest BCUT2D eigenvalue weighted by Gasteiger charge is 2.47. The van der Waals surface area contributed by atoms with Crippen molar-refractivity contribution in [3.05, 3.63) is 40.4 Å². The topological polar surface area (TPSA) is 86.8 Å². The van der Waals surface area contributed by atoms with Crippen molar-refractivity contribution in [1.29, 1.82) is 0 Å². The van der Waals surface area contributed by atoms with E-state index in [1.54, 1.807) is 6.07 Å². The lowest BCUT2D eigenvalue weighted by Gasteiger charge is -2.21. The van der Waals surface area contributed by atoms with Gasteiger partial charge >= 0.3 is 0 Å². The molecule has 4 amide bonds. The van der Waals surface area contributed by atoms with E-state index in [2.05, 4.69) is 21.2 Å². The van der Waals surface area contributed by atoms with Gasteiger partial charge in [0.15, 0.2) is 0 Å². The average molecular weight is 448 g/mol. The Kier molecular flexibility index (Phi) is 5.98. The standard InChI is InChI=1S/C20H22BrN3O4/c1-12-9-13(21)7-8-16(12)22-17(25)10-23(2)18(26)11-24-19(27)14-5-3-4-6-15(14)20(24)28/h3-4,7-9,14-15H,5-6,10-11H2,1-2H3,(H,22,25)/t14-,15-/m0/s1. The molecule has 0 aromatic heterocycles. The number of likely N-dealkylation sites (N-methyl/N-ethyl adjacent to an activating group) is 1. The zero-order chi connectivity index (χ0) is 20.4. The van der Waals surface area contributed by atoms with E-state index in [0.29, 0.717) is 18.5 Å². The number of nitrogens with zero attached hydrogens (tertiary/aromatic N) is 2. The molecule has 7 nitrogen and oxygen atoms in total. The highest BCUT2D eigenvalue weighted by molar-refractivity contribution is 9.10. The first kappa shape index (κ1) is 20.3. The Morgan fingerprint density at radius 1 is 1.18 bits per heavy atom. The van der Waals surface area contributed by atoms with Crippen LogP contribution < -0.4 is 5.32 Å². The van der Waals surface area contributed by atoms with Gasteiger partial charge in [-0.25, -0.2) is 0 Å². The molecule has 0 saturated carbocycles. The highest BCUT2D eigenvalue weighted by atomic mass is 79.9. The number of hydrogen-bond donors (Lipinski definition) is 1. The number of amides is 4. The summed E-state index contributed by atoms with van der Waals surface area (Å²) in [5.41, 5.74) is 1.55. The zero-order valence-corrected chi connectivity index (χ0v) is 17.4. The smallest absolute Gasteiger partial charge is 0.243 e. The van der Waals surface area contributed by atoms with Gasteiger partial charge in [0.05, 0.1) is 18.4 Å². The number of benzene rings is 1. The Morgan fingerprint density at radius 3 is 2.36 bits per heavy atom. The normalized spacial score (nSPS) is 20.9. The van der Waals surface area contributed by atoms with E-state index in [1.165, 1.54) is 11.9 Å². The lowest BCUT2D eigenvalue weighted by molar-refractivity contribution is -0.146. The van der Waals surface area contributed by atoms with Crippen molar-refractivity contribution in [3.8, 4) is 0 Å². The van der Waals surface area contributed by atoms with Crippen LogP contribution in [0, 0.1) is 18.8 Å². The van der Waals surface area contributed by atoms with E-state index in [0.717, 1.165) is 14.9 Å². The molecule has 2 aliphatic rings. The van der Waals surface area contributed by atoms with Gasteiger partial charge in [-0.1, -0.05) is 28.1 Å². The molecule has 1 saturated heterocycles. The number of allylic oxidation sites excluding steroid dienone is 2. The average Bonchev–Trinajstić information content (AvgIpc) is 2.89. The number of carbonyl (C=O) groups is 4. The minimum atomic E-state index is -0.448. The third-order valence-corrected chi connectivity index (χ3v) is 5.65. The molecule has 0 spiro atoms. The molecule has 0 unspecified atom stereocenters. The highest BCUT2D eigenvalue weighted by Crippen LogP contribution is 2.34. The number of imide groups is 1. The molecule has 148 valence electrons. The van der Waals surface area contributed by atoms with Gasteiger partial charge in [-0.3, -0.25) is 24.1 Å². The molecule has 1 aromatic rings. The summed E-state index contributed by atoms with van der Waals surface area (Å²) >= 11 is 3.37. The summed E-state index contributed by atoms with van der Waals surface area (Å²) in [6.07, 6.45) is 4.87. The summed E-state index contributed by atoms with van der Waals surface area (Å²) in [6.45, 7) is 1.37. The summed E-state index contributed by atoms with van der Waals surface area (Å²) in [6, 6.07) is 5.47. The van der Waals surface area contributed by atoms with Crippen LogP contribution in [0.2, 0.25) is 0 Å². The van der Waals surface area contributed by atoms with Crippen molar-refractivity contribution in [1.82, 2.24) is 9.80 Å². The Bertz CT molecular complexity index is 841. The van der Waals surface area contributed by atoms with Crippen LogP contribution in [0.15, 0.2) is 34.8 Å². The van der Waals surface area contributed by atoms with Crippen molar-refractivity contribution < 1.29 is 19.2 Å². The fourth-order valence-electron chi connectivity index (χ4n) is 3.54. The number of fused-ring (bicyclic) bond motifs is 1. The minimum Gasteiger partial charge on any atom is -0.335 e. The summed E-state index contributed by atoms with van der Waals surface area (Å²) in [7, 11) is 1.48. The van der Waals surface area contributed by atoms with Gasteiger partial charge in [-0.05, 0) is 43.5 Å². The van der Waals surface area contributed by atoms with E-state index in [9.17, 15) is 19.2 Å². The predicted octanol–water partition coefficient (Wildman–Crippen LogP) is 2.11. The molecular weight excluding hydrogens is 426 g/mol. The van der Waals surface area contributed by atoms with E-state index in [4.69, 9.17) is 0 Å². The van der Waals surface area contributed by atoms with Gasteiger partial charge < -0.3 is 10.2 Å². The fraction of sp³-hybridized carbons (Fsp3) is 0.400. The lowest BCUT2D eigenvalue weighted by Crippen LogP contribution is -2.44. The van der Waals surface area contributed by atoms with Gasteiger partial charge in [0.2, 0.25) is 23.6 Å². The van der Waals surface area contributed by atoms with Crippen LogP contribution in [0.3, 0.4) is 0 Å². The zero-order valence-electron chi connectivity index (χ0n) is 15.8. The van der Waals surface area contributed by atoms with Crippen molar-refractivity contribution >= 4 is 45.2 Å². The molecule has 28 heavy (non-hydrogen) atoms. The van der Waals surface area contributed by atoms with Crippen LogP contribution in [0.1, 0.15) is 18.4 Å². The van der Waals surface area contributed by atoms with Crippen LogP contribution in [0.25, 0.3) is 0 Å². The summed E-state index contributed by atoms with van der Waals surface area (Å²) in [5.74, 6) is -2.11. The maximum atomic E-state index is 12.5. The molecule has 1 N–H and O–H groups in total. The molecule has 2 atom stereocenters. The number of hydrogen-bond acceptors (Lipinski definition) is 4. The third kappa shape index (κ3) is 4.16. The molecule has 1 fully saturated rings. The largest absolute Gasteiger partial charge is 0.335 e. The quantitative estimate of drug-likeness (QED) is 0.552. The van der Waals surface area contributed by atoms with Gasteiger partial charge in [-0.2, -0.15) is 0 Å². The third-order valence-electron chi connectivity index (χ3n) is 5.16. The molecule has 1 heterocycles. The van der Waals surface area contributed by atoms with E-state index >= 15 is 0 Å². The second-order valence-electron chi connectivity index (χ2n) is 7.18. The van der Waals surface area contributed by atoms with E-state index in [1.807, 2.05) is 31.2 Å².